The van der Waals surface area contributed by atoms with Crippen molar-refractivity contribution in [2.75, 3.05) is 5.32 Å². The summed E-state index contributed by atoms with van der Waals surface area (Å²) in [7, 11) is 0. The van der Waals surface area contributed by atoms with Gasteiger partial charge in [0.05, 0.1) is 10.2 Å². The molecule has 0 unspecified atom stereocenters. The number of hydrogen-bond donors (Lipinski definition) is 1. The Bertz CT molecular complexity index is 457. The fraction of sp³-hybridized carbons (Fsp3) is 0.273. The highest BCUT2D eigenvalue weighted by atomic mass is 32.1. The van der Waals surface area contributed by atoms with Gasteiger partial charge in [-0.15, -0.1) is 0 Å². The Labute approximate surface area is 92.1 Å². The molecule has 2 rings (SSSR count). The maximum atomic E-state index is 11.4. The minimum Gasteiger partial charge on any atom is -0.302 e. The molecule has 1 amide bonds. The van der Waals surface area contributed by atoms with E-state index in [0.717, 1.165) is 10.2 Å². The number of para-hydroxylation sites is 1. The van der Waals surface area contributed by atoms with Gasteiger partial charge in [-0.1, -0.05) is 37.3 Å². The number of nitrogens with zero attached hydrogens (tertiary/aromatic N) is 1. The average Bonchev–Trinajstić information content (AvgIpc) is 2.59. The summed E-state index contributed by atoms with van der Waals surface area (Å²) in [5, 5.41) is 3.48. The molecular formula is C11H12N2OS. The average molecular weight is 220 g/mol. The van der Waals surface area contributed by atoms with Crippen molar-refractivity contribution in [2.45, 2.75) is 13.8 Å². The number of carbonyl (C=O) groups is 1. The number of amides is 1. The molecule has 0 aliphatic rings. The van der Waals surface area contributed by atoms with Gasteiger partial charge in [0.1, 0.15) is 0 Å². The van der Waals surface area contributed by atoms with Crippen LogP contribution in [-0.2, 0) is 4.79 Å². The van der Waals surface area contributed by atoms with Crippen LogP contribution in [0.15, 0.2) is 24.3 Å². The fourth-order valence-corrected chi connectivity index (χ4v) is 2.04. The van der Waals surface area contributed by atoms with E-state index in [1.54, 1.807) is 0 Å². The largest absolute Gasteiger partial charge is 0.302 e. The number of anilines is 1. The number of fused-ring (bicyclic) bond motifs is 1. The summed E-state index contributed by atoms with van der Waals surface area (Å²) in [4.78, 5) is 15.8. The lowest BCUT2D eigenvalue weighted by atomic mass is 10.2. The zero-order valence-corrected chi connectivity index (χ0v) is 9.47. The second-order valence-electron chi connectivity index (χ2n) is 3.63. The summed E-state index contributed by atoms with van der Waals surface area (Å²) in [6.07, 6.45) is 0. The van der Waals surface area contributed by atoms with Gasteiger partial charge in [0.25, 0.3) is 0 Å². The molecular weight excluding hydrogens is 208 g/mol. The molecule has 0 aliphatic heterocycles. The number of rotatable bonds is 2. The lowest BCUT2D eigenvalue weighted by molar-refractivity contribution is -0.118. The Hall–Kier alpha value is -1.42. The highest BCUT2D eigenvalue weighted by Crippen LogP contribution is 2.25. The van der Waals surface area contributed by atoms with Crippen molar-refractivity contribution in [1.29, 1.82) is 0 Å². The number of carbonyl (C=O) groups excluding carboxylic acids is 1. The van der Waals surface area contributed by atoms with Gasteiger partial charge in [-0.2, -0.15) is 0 Å². The van der Waals surface area contributed by atoms with Gasteiger partial charge in [-0.3, -0.25) is 4.79 Å². The van der Waals surface area contributed by atoms with E-state index in [1.165, 1.54) is 11.3 Å². The Kier molecular flexibility index (Phi) is 2.68. The molecule has 1 N–H and O–H groups in total. The van der Waals surface area contributed by atoms with Crippen LogP contribution in [0.1, 0.15) is 13.8 Å². The lowest BCUT2D eigenvalue weighted by Gasteiger charge is -2.02. The van der Waals surface area contributed by atoms with Crippen molar-refractivity contribution < 1.29 is 4.79 Å². The van der Waals surface area contributed by atoms with Crippen LogP contribution in [0.2, 0.25) is 0 Å². The number of aromatic nitrogens is 1. The lowest BCUT2D eigenvalue weighted by Crippen LogP contribution is -2.17. The van der Waals surface area contributed by atoms with Gasteiger partial charge >= 0.3 is 0 Å². The van der Waals surface area contributed by atoms with Gasteiger partial charge in [0.2, 0.25) is 5.91 Å². The first-order valence-electron chi connectivity index (χ1n) is 4.83. The summed E-state index contributed by atoms with van der Waals surface area (Å²) in [5.74, 6) is -0.00827. The van der Waals surface area contributed by atoms with Gasteiger partial charge in [0, 0.05) is 5.92 Å². The van der Waals surface area contributed by atoms with E-state index in [0.29, 0.717) is 5.13 Å². The Morgan fingerprint density at radius 1 is 1.40 bits per heavy atom. The predicted octanol–water partition coefficient (Wildman–Crippen LogP) is 2.89. The van der Waals surface area contributed by atoms with E-state index < -0.39 is 0 Å². The summed E-state index contributed by atoms with van der Waals surface area (Å²) >= 11 is 1.50. The zero-order chi connectivity index (χ0) is 10.8. The van der Waals surface area contributed by atoms with Gasteiger partial charge in [-0.25, -0.2) is 4.98 Å². The highest BCUT2D eigenvalue weighted by Gasteiger charge is 2.09. The van der Waals surface area contributed by atoms with E-state index in [1.807, 2.05) is 38.1 Å². The van der Waals surface area contributed by atoms with Crippen molar-refractivity contribution in [2.24, 2.45) is 5.92 Å². The minimum absolute atomic E-state index is 0.00839. The quantitative estimate of drug-likeness (QED) is 0.845. The summed E-state index contributed by atoms with van der Waals surface area (Å²) in [6.45, 7) is 3.73. The van der Waals surface area contributed by atoms with Crippen molar-refractivity contribution in [3.63, 3.8) is 0 Å². The maximum absolute atomic E-state index is 11.4. The molecule has 0 saturated carbocycles. The number of benzene rings is 1. The highest BCUT2D eigenvalue weighted by molar-refractivity contribution is 7.22. The van der Waals surface area contributed by atoms with E-state index in [4.69, 9.17) is 0 Å². The van der Waals surface area contributed by atoms with E-state index in [-0.39, 0.29) is 11.8 Å². The molecule has 0 spiro atoms. The standard InChI is InChI=1S/C11H12N2OS/c1-7(2)10(14)13-11-12-8-5-3-4-6-9(8)15-11/h3-7H,1-2H3,(H,12,13,14). The Balaban J connectivity index is 2.26. The SMILES string of the molecule is CC(C)C(=O)Nc1nc2ccccc2s1. The second-order valence-corrected chi connectivity index (χ2v) is 4.66. The molecule has 1 aromatic heterocycles. The molecule has 0 atom stereocenters. The van der Waals surface area contributed by atoms with Crippen LogP contribution in [0.5, 0.6) is 0 Å². The third-order valence-corrected chi connectivity index (χ3v) is 3.00. The summed E-state index contributed by atoms with van der Waals surface area (Å²) in [5.41, 5.74) is 0.932. The third kappa shape index (κ3) is 2.15. The van der Waals surface area contributed by atoms with E-state index in [9.17, 15) is 4.79 Å². The van der Waals surface area contributed by atoms with Gasteiger partial charge in [-0.05, 0) is 12.1 Å². The van der Waals surface area contributed by atoms with Crippen LogP contribution in [0.4, 0.5) is 5.13 Å². The maximum Gasteiger partial charge on any atom is 0.228 e. The van der Waals surface area contributed by atoms with Crippen molar-refractivity contribution in [3.05, 3.63) is 24.3 Å². The normalized spacial score (nSPS) is 10.9. The van der Waals surface area contributed by atoms with Crippen LogP contribution in [0.25, 0.3) is 10.2 Å². The first kappa shape index (κ1) is 10.1. The Morgan fingerprint density at radius 2 is 2.13 bits per heavy atom. The van der Waals surface area contributed by atoms with Crippen molar-refractivity contribution >= 4 is 32.6 Å². The first-order valence-corrected chi connectivity index (χ1v) is 5.65. The topological polar surface area (TPSA) is 42.0 Å². The predicted molar refractivity (Wildman–Crippen MR) is 63.1 cm³/mol. The molecule has 0 aliphatic carbocycles. The molecule has 0 bridgehead atoms. The smallest absolute Gasteiger partial charge is 0.228 e. The first-order chi connectivity index (χ1) is 7.16. The molecule has 0 saturated heterocycles. The molecule has 78 valence electrons. The molecule has 0 fully saturated rings. The van der Waals surface area contributed by atoms with Gasteiger partial charge in [0.15, 0.2) is 5.13 Å². The molecule has 1 heterocycles. The second kappa shape index (κ2) is 3.98. The van der Waals surface area contributed by atoms with E-state index >= 15 is 0 Å². The molecule has 4 heteroatoms. The number of thiazole rings is 1. The van der Waals surface area contributed by atoms with Crippen LogP contribution in [0.3, 0.4) is 0 Å². The molecule has 0 radical (unpaired) electrons. The molecule has 3 nitrogen and oxygen atoms in total. The van der Waals surface area contributed by atoms with Crippen LogP contribution < -0.4 is 5.32 Å². The third-order valence-electron chi connectivity index (χ3n) is 2.05. The van der Waals surface area contributed by atoms with Crippen LogP contribution in [0, 0.1) is 5.92 Å². The van der Waals surface area contributed by atoms with E-state index in [2.05, 4.69) is 10.3 Å². The monoisotopic (exact) mass is 220 g/mol. The van der Waals surface area contributed by atoms with Crippen LogP contribution >= 0.6 is 11.3 Å². The van der Waals surface area contributed by atoms with Gasteiger partial charge < -0.3 is 5.32 Å². The minimum atomic E-state index is -0.0167. The molecule has 2 aromatic rings. The fourth-order valence-electron chi connectivity index (χ4n) is 1.18. The zero-order valence-electron chi connectivity index (χ0n) is 8.65. The van der Waals surface area contributed by atoms with Crippen molar-refractivity contribution in [3.8, 4) is 0 Å². The summed E-state index contributed by atoms with van der Waals surface area (Å²) < 4.78 is 1.09. The summed E-state index contributed by atoms with van der Waals surface area (Å²) in [6, 6.07) is 7.85. The van der Waals surface area contributed by atoms with Crippen LogP contribution in [-0.4, -0.2) is 10.9 Å². The molecule has 1 aromatic carbocycles. The number of hydrogen-bond acceptors (Lipinski definition) is 3. The van der Waals surface area contributed by atoms with Crippen molar-refractivity contribution in [1.82, 2.24) is 4.98 Å². The number of nitrogens with one attached hydrogen (secondary N) is 1. The Morgan fingerprint density at radius 3 is 2.80 bits per heavy atom. The molecule has 15 heavy (non-hydrogen) atoms.